The molecule has 1 aliphatic rings. The Morgan fingerprint density at radius 1 is 1.19 bits per heavy atom. The maximum atomic E-state index is 12.5. The summed E-state index contributed by atoms with van der Waals surface area (Å²) in [6, 6.07) is 12.2. The molecular formula is C19H22N2O5S. The van der Waals surface area contributed by atoms with Crippen LogP contribution in [0.25, 0.3) is 0 Å². The van der Waals surface area contributed by atoms with Gasteiger partial charge < -0.3 is 9.47 Å². The van der Waals surface area contributed by atoms with E-state index in [4.69, 9.17) is 9.47 Å². The SMILES string of the molecule is COc1ccc(N2C[C@@H](CNS(=O)(=O)c3ccc(C)cc3C)OC2=O)cc1. The molecule has 27 heavy (non-hydrogen) atoms. The number of nitrogens with one attached hydrogen (secondary N) is 1. The first-order valence-corrected chi connectivity index (χ1v) is 9.97. The van der Waals surface area contributed by atoms with Crippen LogP contribution in [0.2, 0.25) is 0 Å². The molecule has 0 spiro atoms. The Morgan fingerprint density at radius 3 is 2.52 bits per heavy atom. The molecule has 1 N–H and O–H groups in total. The Morgan fingerprint density at radius 2 is 1.89 bits per heavy atom. The van der Waals surface area contributed by atoms with Crippen LogP contribution in [0.15, 0.2) is 47.4 Å². The van der Waals surface area contributed by atoms with E-state index in [0.717, 1.165) is 5.56 Å². The van der Waals surface area contributed by atoms with Crippen molar-refractivity contribution in [2.45, 2.75) is 24.8 Å². The first-order valence-electron chi connectivity index (χ1n) is 8.49. The van der Waals surface area contributed by atoms with E-state index in [-0.39, 0.29) is 18.0 Å². The van der Waals surface area contributed by atoms with E-state index >= 15 is 0 Å². The van der Waals surface area contributed by atoms with Gasteiger partial charge in [0.05, 0.1) is 18.6 Å². The molecule has 3 rings (SSSR count). The molecule has 1 atom stereocenters. The molecule has 1 aliphatic heterocycles. The van der Waals surface area contributed by atoms with E-state index in [9.17, 15) is 13.2 Å². The highest BCUT2D eigenvalue weighted by Gasteiger charge is 2.33. The van der Waals surface area contributed by atoms with Crippen molar-refractivity contribution in [3.8, 4) is 5.75 Å². The van der Waals surface area contributed by atoms with Gasteiger partial charge in [-0.2, -0.15) is 0 Å². The Hall–Kier alpha value is -2.58. The lowest BCUT2D eigenvalue weighted by molar-refractivity contribution is 0.143. The van der Waals surface area contributed by atoms with Crippen LogP contribution in [-0.4, -0.2) is 40.8 Å². The second kappa shape index (κ2) is 7.58. The second-order valence-corrected chi connectivity index (χ2v) is 8.17. The van der Waals surface area contributed by atoms with E-state index in [1.165, 1.54) is 4.90 Å². The van der Waals surface area contributed by atoms with Crippen LogP contribution in [0.1, 0.15) is 11.1 Å². The normalized spacial score (nSPS) is 17.1. The molecule has 144 valence electrons. The van der Waals surface area contributed by atoms with Gasteiger partial charge in [-0.25, -0.2) is 17.9 Å². The maximum Gasteiger partial charge on any atom is 0.414 e. The lowest BCUT2D eigenvalue weighted by atomic mass is 10.2. The zero-order valence-electron chi connectivity index (χ0n) is 15.4. The monoisotopic (exact) mass is 390 g/mol. The average Bonchev–Trinajstić information content (AvgIpc) is 3.01. The molecule has 0 aromatic heterocycles. The number of carbonyl (C=O) groups excluding carboxylic acids is 1. The number of sulfonamides is 1. The van der Waals surface area contributed by atoms with E-state index in [1.54, 1.807) is 50.4 Å². The Kier molecular flexibility index (Phi) is 5.38. The number of benzene rings is 2. The number of cyclic esters (lactones) is 1. The third-order valence-electron chi connectivity index (χ3n) is 4.38. The quantitative estimate of drug-likeness (QED) is 0.820. The van der Waals surface area contributed by atoms with Gasteiger partial charge in [0.2, 0.25) is 10.0 Å². The molecule has 0 saturated carbocycles. The summed E-state index contributed by atoms with van der Waals surface area (Å²) in [5.41, 5.74) is 2.33. The van der Waals surface area contributed by atoms with Crippen molar-refractivity contribution >= 4 is 21.8 Å². The van der Waals surface area contributed by atoms with Gasteiger partial charge in [-0.3, -0.25) is 4.90 Å². The van der Waals surface area contributed by atoms with Crippen molar-refractivity contribution in [2.24, 2.45) is 0 Å². The fourth-order valence-electron chi connectivity index (χ4n) is 2.98. The number of methoxy groups -OCH3 is 1. The summed E-state index contributed by atoms with van der Waals surface area (Å²) in [6.45, 7) is 3.93. The second-order valence-electron chi connectivity index (χ2n) is 6.44. The summed E-state index contributed by atoms with van der Waals surface area (Å²) in [7, 11) is -2.11. The van der Waals surface area contributed by atoms with Crippen LogP contribution in [0.3, 0.4) is 0 Å². The minimum absolute atomic E-state index is 0.00798. The van der Waals surface area contributed by atoms with Gasteiger partial charge >= 0.3 is 6.09 Å². The fraction of sp³-hybridized carbons (Fsp3) is 0.316. The summed E-state index contributed by atoms with van der Waals surface area (Å²) in [5, 5.41) is 0. The number of nitrogens with zero attached hydrogens (tertiary/aromatic N) is 1. The number of rotatable bonds is 6. The van der Waals surface area contributed by atoms with Gasteiger partial charge in [0.25, 0.3) is 0 Å². The van der Waals surface area contributed by atoms with Gasteiger partial charge in [0.1, 0.15) is 11.9 Å². The minimum atomic E-state index is -3.68. The van der Waals surface area contributed by atoms with E-state index < -0.39 is 22.2 Å². The van der Waals surface area contributed by atoms with Crippen molar-refractivity contribution < 1.29 is 22.7 Å². The highest BCUT2D eigenvalue weighted by atomic mass is 32.2. The van der Waals surface area contributed by atoms with E-state index in [0.29, 0.717) is 17.0 Å². The number of anilines is 1. The van der Waals surface area contributed by atoms with Crippen LogP contribution in [0, 0.1) is 13.8 Å². The van der Waals surface area contributed by atoms with Gasteiger partial charge in [-0.1, -0.05) is 17.7 Å². The predicted molar refractivity (Wildman–Crippen MR) is 102 cm³/mol. The standard InChI is InChI=1S/C19H22N2O5S/c1-13-4-9-18(14(2)10-13)27(23,24)20-11-17-12-21(19(22)26-17)15-5-7-16(25-3)8-6-15/h4-10,17,20H,11-12H2,1-3H3/t17-/m1/s1. The van der Waals surface area contributed by atoms with Crippen LogP contribution < -0.4 is 14.4 Å². The fourth-order valence-corrected chi connectivity index (χ4v) is 4.27. The maximum absolute atomic E-state index is 12.5. The van der Waals surface area contributed by atoms with Crippen molar-refractivity contribution in [3.63, 3.8) is 0 Å². The largest absolute Gasteiger partial charge is 0.497 e. The van der Waals surface area contributed by atoms with Crippen LogP contribution in [-0.2, 0) is 14.8 Å². The number of hydrogen-bond donors (Lipinski definition) is 1. The molecule has 1 amide bonds. The predicted octanol–water partition coefficient (Wildman–Crippen LogP) is 2.62. The first-order chi connectivity index (χ1) is 12.8. The molecule has 1 heterocycles. The van der Waals surface area contributed by atoms with Crippen molar-refractivity contribution in [1.82, 2.24) is 4.72 Å². The van der Waals surface area contributed by atoms with Crippen molar-refractivity contribution in [2.75, 3.05) is 25.1 Å². The number of aryl methyl sites for hydroxylation is 2. The average molecular weight is 390 g/mol. The zero-order valence-corrected chi connectivity index (χ0v) is 16.2. The summed E-state index contributed by atoms with van der Waals surface area (Å²) < 4.78 is 38.0. The number of amides is 1. The zero-order chi connectivity index (χ0) is 19.6. The van der Waals surface area contributed by atoms with E-state index in [2.05, 4.69) is 4.72 Å². The van der Waals surface area contributed by atoms with Gasteiger partial charge in [0, 0.05) is 12.2 Å². The van der Waals surface area contributed by atoms with Crippen LogP contribution in [0.4, 0.5) is 10.5 Å². The Labute approximate surface area is 158 Å². The number of hydrogen-bond acceptors (Lipinski definition) is 5. The first kappa shape index (κ1) is 19.2. The lowest BCUT2D eigenvalue weighted by Gasteiger charge is -2.14. The molecule has 0 bridgehead atoms. The van der Waals surface area contributed by atoms with Crippen LogP contribution in [0.5, 0.6) is 5.75 Å². The molecule has 1 saturated heterocycles. The highest BCUT2D eigenvalue weighted by Crippen LogP contribution is 2.24. The summed E-state index contributed by atoms with van der Waals surface area (Å²) in [4.78, 5) is 13.8. The molecule has 8 heteroatoms. The number of carbonyl (C=O) groups is 1. The minimum Gasteiger partial charge on any atom is -0.497 e. The molecule has 2 aromatic carbocycles. The van der Waals surface area contributed by atoms with E-state index in [1.807, 2.05) is 13.0 Å². The molecule has 2 aromatic rings. The smallest absolute Gasteiger partial charge is 0.414 e. The highest BCUT2D eigenvalue weighted by molar-refractivity contribution is 7.89. The Balaban J connectivity index is 1.65. The van der Waals surface area contributed by atoms with Gasteiger partial charge in [0.15, 0.2) is 0 Å². The molecular weight excluding hydrogens is 368 g/mol. The van der Waals surface area contributed by atoms with Crippen LogP contribution >= 0.6 is 0 Å². The third-order valence-corrected chi connectivity index (χ3v) is 5.96. The van der Waals surface area contributed by atoms with Gasteiger partial charge in [-0.05, 0) is 49.7 Å². The summed E-state index contributed by atoms with van der Waals surface area (Å²) >= 11 is 0. The summed E-state index contributed by atoms with van der Waals surface area (Å²) in [6.07, 6.45) is -1.07. The third kappa shape index (κ3) is 4.23. The van der Waals surface area contributed by atoms with Gasteiger partial charge in [-0.15, -0.1) is 0 Å². The molecule has 0 unspecified atom stereocenters. The molecule has 0 radical (unpaired) electrons. The summed E-state index contributed by atoms with van der Waals surface area (Å²) in [5.74, 6) is 0.684. The number of ether oxygens (including phenoxy) is 2. The lowest BCUT2D eigenvalue weighted by Crippen LogP contribution is -2.34. The molecule has 1 fully saturated rings. The molecule has 7 nitrogen and oxygen atoms in total. The molecule has 0 aliphatic carbocycles. The topological polar surface area (TPSA) is 84.9 Å². The van der Waals surface area contributed by atoms with Crippen molar-refractivity contribution in [3.05, 3.63) is 53.6 Å². The van der Waals surface area contributed by atoms with Crippen molar-refractivity contribution in [1.29, 1.82) is 0 Å². The Bertz CT molecular complexity index is 941.